The van der Waals surface area contributed by atoms with Crippen molar-refractivity contribution >= 4 is 5.91 Å². The highest BCUT2D eigenvalue weighted by molar-refractivity contribution is 5.80. The van der Waals surface area contributed by atoms with E-state index in [2.05, 4.69) is 0 Å². The zero-order chi connectivity index (χ0) is 8.43. The van der Waals surface area contributed by atoms with Gasteiger partial charge in [0.15, 0.2) is 0 Å². The lowest BCUT2D eigenvalue weighted by atomic mass is 10.0. The van der Waals surface area contributed by atoms with E-state index in [4.69, 9.17) is 10.2 Å². The largest absolute Gasteiger partial charge is 0.396 e. The average Bonchev–Trinajstić information content (AvgIpc) is 1.85. The Morgan fingerprint density at radius 1 is 1.73 bits per heavy atom. The molecule has 2 N–H and O–H groups in total. The number of carbonyl (C=O) groups excluding carboxylic acids is 1. The van der Waals surface area contributed by atoms with E-state index in [1.165, 1.54) is 6.92 Å². The van der Waals surface area contributed by atoms with Gasteiger partial charge < -0.3 is 15.1 Å². The second-order valence-electron chi connectivity index (χ2n) is 2.97. The fraction of sp³-hybridized carbons (Fsp3) is 0.857. The Bertz CT molecular complexity index is 152. The summed E-state index contributed by atoms with van der Waals surface area (Å²) in [6.45, 7) is 2.75. The van der Waals surface area contributed by atoms with Crippen molar-refractivity contribution in [3.8, 4) is 0 Å². The molecule has 1 fully saturated rings. The van der Waals surface area contributed by atoms with E-state index in [0.717, 1.165) is 0 Å². The Hall–Kier alpha value is -0.610. The minimum Gasteiger partial charge on any atom is -0.396 e. The smallest absolute Gasteiger partial charge is 0.251 e. The first-order chi connectivity index (χ1) is 5.15. The van der Waals surface area contributed by atoms with Crippen molar-refractivity contribution in [1.82, 2.24) is 4.90 Å². The van der Waals surface area contributed by atoms with E-state index >= 15 is 0 Å². The maximum Gasteiger partial charge on any atom is 0.251 e. The summed E-state index contributed by atoms with van der Waals surface area (Å²) in [5.74, 6) is -0.0209. The van der Waals surface area contributed by atoms with Crippen molar-refractivity contribution in [3.63, 3.8) is 0 Å². The van der Waals surface area contributed by atoms with Crippen molar-refractivity contribution in [2.24, 2.45) is 5.92 Å². The summed E-state index contributed by atoms with van der Waals surface area (Å²) in [5.41, 5.74) is 0. The first-order valence-electron chi connectivity index (χ1n) is 3.73. The maximum atomic E-state index is 11.0. The summed E-state index contributed by atoms with van der Waals surface area (Å²) in [6, 6.07) is 0. The van der Waals surface area contributed by atoms with Crippen LogP contribution in [0.4, 0.5) is 0 Å². The fourth-order valence-electron chi connectivity index (χ4n) is 1.13. The molecule has 0 aliphatic carbocycles. The van der Waals surface area contributed by atoms with Gasteiger partial charge in [-0.2, -0.15) is 0 Å². The predicted molar refractivity (Wildman–Crippen MR) is 38.8 cm³/mol. The molecule has 1 saturated heterocycles. The molecule has 1 heterocycles. The minimum absolute atomic E-state index is 0.129. The van der Waals surface area contributed by atoms with Gasteiger partial charge in [-0.1, -0.05) is 0 Å². The normalized spacial score (nSPS) is 21.2. The fourth-order valence-corrected chi connectivity index (χ4v) is 1.13. The molecule has 0 bridgehead atoms. The maximum absolute atomic E-state index is 11.0. The number of rotatable bonds is 2. The number of likely N-dealkylation sites (tertiary alicyclic amines) is 1. The minimum atomic E-state index is -0.908. The summed E-state index contributed by atoms with van der Waals surface area (Å²) >= 11 is 0. The molecule has 0 aromatic heterocycles. The van der Waals surface area contributed by atoms with Gasteiger partial charge in [-0.25, -0.2) is 0 Å². The third-order valence-electron chi connectivity index (χ3n) is 1.88. The predicted octanol–water partition coefficient (Wildman–Crippen LogP) is -1.18. The molecule has 11 heavy (non-hydrogen) atoms. The van der Waals surface area contributed by atoms with Crippen LogP contribution in [0.1, 0.15) is 6.92 Å². The first-order valence-corrected chi connectivity index (χ1v) is 3.73. The Morgan fingerprint density at radius 2 is 2.27 bits per heavy atom. The molecule has 1 unspecified atom stereocenters. The molecule has 0 aromatic carbocycles. The van der Waals surface area contributed by atoms with E-state index in [1.807, 2.05) is 0 Å². The Morgan fingerprint density at radius 3 is 2.64 bits per heavy atom. The van der Waals surface area contributed by atoms with Crippen LogP contribution in [0.25, 0.3) is 0 Å². The van der Waals surface area contributed by atoms with E-state index in [-0.39, 0.29) is 18.4 Å². The molecule has 0 aromatic rings. The van der Waals surface area contributed by atoms with E-state index in [9.17, 15) is 4.79 Å². The van der Waals surface area contributed by atoms with E-state index in [0.29, 0.717) is 13.1 Å². The van der Waals surface area contributed by atoms with E-state index in [1.54, 1.807) is 4.90 Å². The second-order valence-corrected chi connectivity index (χ2v) is 2.97. The van der Waals surface area contributed by atoms with Gasteiger partial charge in [-0.3, -0.25) is 4.79 Å². The molecule has 0 radical (unpaired) electrons. The van der Waals surface area contributed by atoms with Crippen LogP contribution in [-0.4, -0.2) is 46.8 Å². The summed E-state index contributed by atoms with van der Waals surface area (Å²) in [7, 11) is 0. The van der Waals surface area contributed by atoms with Gasteiger partial charge in [-0.05, 0) is 6.92 Å². The molecule has 0 saturated carbocycles. The quantitative estimate of drug-likeness (QED) is 0.533. The molecular weight excluding hydrogens is 146 g/mol. The van der Waals surface area contributed by atoms with Gasteiger partial charge in [0, 0.05) is 25.6 Å². The average molecular weight is 159 g/mol. The van der Waals surface area contributed by atoms with Gasteiger partial charge in [-0.15, -0.1) is 0 Å². The van der Waals surface area contributed by atoms with Crippen molar-refractivity contribution in [2.45, 2.75) is 13.0 Å². The van der Waals surface area contributed by atoms with Crippen LogP contribution in [0.15, 0.2) is 0 Å². The Kier molecular flexibility index (Phi) is 2.46. The molecule has 1 rings (SSSR count). The zero-order valence-corrected chi connectivity index (χ0v) is 6.53. The lowest BCUT2D eigenvalue weighted by Gasteiger charge is -2.38. The number of aliphatic hydroxyl groups excluding tert-OH is 2. The highest BCUT2D eigenvalue weighted by atomic mass is 16.3. The molecule has 1 amide bonds. The summed E-state index contributed by atoms with van der Waals surface area (Å²) in [6.07, 6.45) is -0.908. The summed E-state index contributed by atoms with van der Waals surface area (Å²) in [5, 5.41) is 17.5. The monoisotopic (exact) mass is 159 g/mol. The van der Waals surface area contributed by atoms with Crippen LogP contribution < -0.4 is 0 Å². The highest BCUT2D eigenvalue weighted by Crippen LogP contribution is 2.15. The van der Waals surface area contributed by atoms with Crippen LogP contribution in [0.2, 0.25) is 0 Å². The van der Waals surface area contributed by atoms with Crippen LogP contribution in [0.5, 0.6) is 0 Å². The van der Waals surface area contributed by atoms with Gasteiger partial charge in [0.2, 0.25) is 0 Å². The number of amides is 1. The van der Waals surface area contributed by atoms with Crippen molar-refractivity contribution in [2.75, 3.05) is 19.7 Å². The molecule has 4 heteroatoms. The Labute approximate surface area is 65.4 Å². The number of hydrogen-bond acceptors (Lipinski definition) is 3. The molecule has 64 valence electrons. The first kappa shape index (κ1) is 8.49. The highest BCUT2D eigenvalue weighted by Gasteiger charge is 2.31. The summed E-state index contributed by atoms with van der Waals surface area (Å²) < 4.78 is 0. The number of nitrogens with zero attached hydrogens (tertiary/aromatic N) is 1. The van der Waals surface area contributed by atoms with Gasteiger partial charge in [0.25, 0.3) is 5.91 Å². The molecular formula is C7H13NO3. The van der Waals surface area contributed by atoms with Gasteiger partial charge in [0.05, 0.1) is 0 Å². The zero-order valence-electron chi connectivity index (χ0n) is 6.53. The lowest BCUT2D eigenvalue weighted by molar-refractivity contribution is -0.146. The molecule has 0 spiro atoms. The number of carbonyl (C=O) groups is 1. The van der Waals surface area contributed by atoms with Crippen LogP contribution in [0.3, 0.4) is 0 Å². The van der Waals surface area contributed by atoms with Crippen LogP contribution in [-0.2, 0) is 4.79 Å². The molecule has 1 aliphatic rings. The number of aliphatic hydroxyl groups is 2. The number of hydrogen-bond donors (Lipinski definition) is 2. The van der Waals surface area contributed by atoms with Crippen molar-refractivity contribution < 1.29 is 15.0 Å². The second kappa shape index (κ2) is 3.19. The molecule has 1 atom stereocenters. The third-order valence-corrected chi connectivity index (χ3v) is 1.88. The summed E-state index contributed by atoms with van der Waals surface area (Å²) in [4.78, 5) is 12.5. The standard InChI is InChI=1S/C7H13NO3/c1-5(10)7(11)8-2-6(3-8)4-9/h5-6,9-10H,2-4H2,1H3. The van der Waals surface area contributed by atoms with E-state index < -0.39 is 6.10 Å². The molecule has 4 nitrogen and oxygen atoms in total. The topological polar surface area (TPSA) is 60.8 Å². The lowest BCUT2D eigenvalue weighted by Crippen LogP contribution is -2.53. The van der Waals surface area contributed by atoms with Gasteiger partial charge in [0.1, 0.15) is 6.10 Å². The van der Waals surface area contributed by atoms with Crippen molar-refractivity contribution in [1.29, 1.82) is 0 Å². The van der Waals surface area contributed by atoms with Crippen LogP contribution in [0, 0.1) is 5.92 Å². The Balaban J connectivity index is 2.27. The SMILES string of the molecule is CC(O)C(=O)N1CC(CO)C1. The van der Waals surface area contributed by atoms with Crippen molar-refractivity contribution in [3.05, 3.63) is 0 Å². The molecule has 1 aliphatic heterocycles. The third kappa shape index (κ3) is 1.70. The van der Waals surface area contributed by atoms with Gasteiger partial charge >= 0.3 is 0 Å². The van der Waals surface area contributed by atoms with Crippen LogP contribution >= 0.6 is 0 Å².